The lowest BCUT2D eigenvalue weighted by Gasteiger charge is -2.43. The van der Waals surface area contributed by atoms with Gasteiger partial charge in [-0.2, -0.15) is 0 Å². The van der Waals surface area contributed by atoms with Crippen LogP contribution in [-0.4, -0.2) is 78.9 Å². The summed E-state index contributed by atoms with van der Waals surface area (Å²) in [6, 6.07) is 9.71. The normalized spacial score (nSPS) is 24.2. The Bertz CT molecular complexity index is 934. The average molecular weight is 493 g/mol. The minimum absolute atomic E-state index is 0.303. The maximum Gasteiger partial charge on any atom is 0.303 e. The average Bonchev–Trinajstić information content (AvgIpc) is 2.76. The SMILES string of the molecule is CC(=O)OC[C@H]1O[C@@H](/N=C(\C)N(C)Cc2ccccc2)[C@H](OC(C)=O)[C@@H](OC(C)=O)[C@@H]1OC(C)=O. The van der Waals surface area contributed by atoms with E-state index >= 15 is 0 Å². The van der Waals surface area contributed by atoms with Crippen molar-refractivity contribution >= 4 is 29.7 Å². The van der Waals surface area contributed by atoms with Gasteiger partial charge in [0.25, 0.3) is 0 Å². The van der Waals surface area contributed by atoms with Gasteiger partial charge in [-0.3, -0.25) is 19.2 Å². The van der Waals surface area contributed by atoms with Gasteiger partial charge >= 0.3 is 23.9 Å². The van der Waals surface area contributed by atoms with Crippen molar-refractivity contribution in [3.8, 4) is 0 Å². The Hall–Kier alpha value is -3.47. The largest absolute Gasteiger partial charge is 0.463 e. The van der Waals surface area contributed by atoms with Gasteiger partial charge in [0.05, 0.1) is 5.84 Å². The van der Waals surface area contributed by atoms with E-state index < -0.39 is 54.5 Å². The number of aliphatic imine (C=N–C) groups is 1. The van der Waals surface area contributed by atoms with Crippen molar-refractivity contribution in [3.05, 3.63) is 35.9 Å². The Balaban J connectivity index is 2.43. The van der Waals surface area contributed by atoms with Crippen LogP contribution in [0.15, 0.2) is 35.3 Å². The predicted octanol–water partition coefficient (Wildman–Crippen LogP) is 1.62. The summed E-state index contributed by atoms with van der Waals surface area (Å²) in [5.74, 6) is -2.11. The van der Waals surface area contributed by atoms with E-state index in [1.54, 1.807) is 6.92 Å². The molecule has 192 valence electrons. The molecule has 1 aliphatic rings. The first-order valence-electron chi connectivity index (χ1n) is 11.1. The van der Waals surface area contributed by atoms with Gasteiger partial charge in [-0.15, -0.1) is 0 Å². The van der Waals surface area contributed by atoms with Crippen LogP contribution in [-0.2, 0) is 49.4 Å². The van der Waals surface area contributed by atoms with Crippen LogP contribution < -0.4 is 0 Å². The second-order valence-electron chi connectivity index (χ2n) is 8.11. The summed E-state index contributed by atoms with van der Waals surface area (Å²) in [6.45, 7) is 6.73. The van der Waals surface area contributed by atoms with E-state index in [9.17, 15) is 19.2 Å². The Kier molecular flexibility index (Phi) is 10.2. The van der Waals surface area contributed by atoms with Crippen LogP contribution in [0.5, 0.6) is 0 Å². The van der Waals surface area contributed by atoms with E-state index in [2.05, 4.69) is 4.99 Å². The van der Waals surface area contributed by atoms with Crippen LogP contribution in [0.4, 0.5) is 0 Å². The van der Waals surface area contributed by atoms with Crippen LogP contribution in [0.1, 0.15) is 40.2 Å². The predicted molar refractivity (Wildman–Crippen MR) is 123 cm³/mol. The van der Waals surface area contributed by atoms with Gasteiger partial charge in [0.1, 0.15) is 12.7 Å². The molecule has 0 aromatic heterocycles. The summed E-state index contributed by atoms with van der Waals surface area (Å²) in [7, 11) is 1.83. The van der Waals surface area contributed by atoms with E-state index in [0.29, 0.717) is 12.4 Å². The van der Waals surface area contributed by atoms with Crippen molar-refractivity contribution in [1.82, 2.24) is 4.90 Å². The van der Waals surface area contributed by atoms with Crippen molar-refractivity contribution in [3.63, 3.8) is 0 Å². The first-order chi connectivity index (χ1) is 16.5. The first kappa shape index (κ1) is 27.8. The lowest BCUT2D eigenvalue weighted by molar-refractivity contribution is -0.251. The molecular weight excluding hydrogens is 460 g/mol. The molecule has 0 saturated carbocycles. The minimum Gasteiger partial charge on any atom is -0.463 e. The van der Waals surface area contributed by atoms with Crippen LogP contribution in [0.25, 0.3) is 0 Å². The van der Waals surface area contributed by atoms with Gasteiger partial charge in [-0.25, -0.2) is 4.99 Å². The topological polar surface area (TPSA) is 130 Å². The van der Waals surface area contributed by atoms with Crippen LogP contribution in [0.3, 0.4) is 0 Å². The highest BCUT2D eigenvalue weighted by Gasteiger charge is 2.52. The maximum absolute atomic E-state index is 11.9. The molecule has 1 aromatic rings. The number of benzene rings is 1. The maximum atomic E-state index is 11.9. The van der Waals surface area contributed by atoms with E-state index in [1.165, 1.54) is 27.7 Å². The first-order valence-corrected chi connectivity index (χ1v) is 11.1. The van der Waals surface area contributed by atoms with Gasteiger partial charge in [-0.1, -0.05) is 30.3 Å². The third-order valence-electron chi connectivity index (χ3n) is 5.10. The van der Waals surface area contributed by atoms with Crippen molar-refractivity contribution in [2.75, 3.05) is 13.7 Å². The highest BCUT2D eigenvalue weighted by atomic mass is 16.7. The molecule has 2 rings (SSSR count). The third kappa shape index (κ3) is 8.67. The molecule has 1 aromatic carbocycles. The van der Waals surface area contributed by atoms with Gasteiger partial charge in [0.15, 0.2) is 24.5 Å². The van der Waals surface area contributed by atoms with Gasteiger partial charge in [0, 0.05) is 41.3 Å². The molecular formula is C24H32N2O9. The number of nitrogens with zero attached hydrogens (tertiary/aromatic N) is 2. The molecule has 0 radical (unpaired) electrons. The number of ether oxygens (including phenoxy) is 5. The zero-order valence-electron chi connectivity index (χ0n) is 20.8. The molecule has 11 heteroatoms. The quantitative estimate of drug-likeness (QED) is 0.228. The van der Waals surface area contributed by atoms with E-state index in [0.717, 1.165) is 5.56 Å². The molecule has 0 aliphatic carbocycles. The summed E-state index contributed by atoms with van der Waals surface area (Å²) in [5.41, 5.74) is 1.05. The van der Waals surface area contributed by atoms with Crippen LogP contribution in [0, 0.1) is 0 Å². The minimum atomic E-state index is -1.25. The lowest BCUT2D eigenvalue weighted by atomic mass is 9.97. The number of esters is 4. The number of amidine groups is 1. The number of hydrogen-bond donors (Lipinski definition) is 0. The molecule has 1 fully saturated rings. The van der Waals surface area contributed by atoms with Crippen LogP contribution >= 0.6 is 0 Å². The van der Waals surface area contributed by atoms with Gasteiger partial charge < -0.3 is 28.6 Å². The summed E-state index contributed by atoms with van der Waals surface area (Å²) in [4.78, 5) is 53.5. The van der Waals surface area contributed by atoms with E-state index in [-0.39, 0.29) is 6.61 Å². The second kappa shape index (κ2) is 12.8. The number of hydrogen-bond acceptors (Lipinski definition) is 10. The Morgan fingerprint density at radius 2 is 1.37 bits per heavy atom. The second-order valence-corrected chi connectivity index (χ2v) is 8.11. The number of carbonyl (C=O) groups is 4. The fourth-order valence-electron chi connectivity index (χ4n) is 3.56. The zero-order chi connectivity index (χ0) is 26.1. The summed E-state index contributed by atoms with van der Waals surface area (Å²) < 4.78 is 27.3. The molecule has 5 atom stereocenters. The summed E-state index contributed by atoms with van der Waals surface area (Å²) >= 11 is 0. The lowest BCUT2D eigenvalue weighted by Crippen LogP contribution is -2.62. The zero-order valence-corrected chi connectivity index (χ0v) is 20.8. The van der Waals surface area contributed by atoms with Gasteiger partial charge in [-0.05, 0) is 12.5 Å². The number of rotatable bonds is 8. The molecule has 0 amide bonds. The van der Waals surface area contributed by atoms with Crippen LogP contribution in [0.2, 0.25) is 0 Å². The molecule has 11 nitrogen and oxygen atoms in total. The van der Waals surface area contributed by atoms with Gasteiger partial charge in [0.2, 0.25) is 0 Å². The smallest absolute Gasteiger partial charge is 0.303 e. The molecule has 0 bridgehead atoms. The summed E-state index contributed by atoms with van der Waals surface area (Å²) in [5, 5.41) is 0. The molecule has 1 heterocycles. The fourth-order valence-corrected chi connectivity index (χ4v) is 3.56. The number of carbonyl (C=O) groups excluding carboxylic acids is 4. The molecule has 0 N–H and O–H groups in total. The molecule has 0 spiro atoms. The Morgan fingerprint density at radius 3 is 1.91 bits per heavy atom. The highest BCUT2D eigenvalue weighted by molar-refractivity contribution is 5.79. The summed E-state index contributed by atoms with van der Waals surface area (Å²) in [6.07, 6.45) is -5.88. The Labute approximate surface area is 204 Å². The molecule has 1 saturated heterocycles. The molecule has 1 aliphatic heterocycles. The fraction of sp³-hybridized carbons (Fsp3) is 0.542. The monoisotopic (exact) mass is 492 g/mol. The molecule has 0 unspecified atom stereocenters. The van der Waals surface area contributed by atoms with Crippen molar-refractivity contribution in [2.24, 2.45) is 4.99 Å². The molecule has 35 heavy (non-hydrogen) atoms. The van der Waals surface area contributed by atoms with E-state index in [4.69, 9.17) is 23.7 Å². The highest BCUT2D eigenvalue weighted by Crippen LogP contribution is 2.30. The van der Waals surface area contributed by atoms with Crippen molar-refractivity contribution in [1.29, 1.82) is 0 Å². The van der Waals surface area contributed by atoms with Crippen molar-refractivity contribution in [2.45, 2.75) is 71.8 Å². The van der Waals surface area contributed by atoms with Crippen molar-refractivity contribution < 1.29 is 42.9 Å². The standard InChI is InChI=1S/C24H32N2O9/c1-14(26(6)12-19-10-8-7-9-11-19)25-24-23(34-18(5)30)22(33-17(4)29)21(32-16(3)28)20(35-24)13-31-15(2)27/h7-11,20-24H,12-13H2,1-6H3/b25-14+/t20-,21-,22+,23-,24-/m1/s1. The van der Waals surface area contributed by atoms with E-state index in [1.807, 2.05) is 42.3 Å². The third-order valence-corrected chi connectivity index (χ3v) is 5.10. The Morgan fingerprint density at radius 1 is 0.829 bits per heavy atom.